The Morgan fingerprint density at radius 1 is 1.07 bits per heavy atom. The van der Waals surface area contributed by atoms with Crippen molar-refractivity contribution in [1.82, 2.24) is 0 Å². The van der Waals surface area contributed by atoms with Crippen LogP contribution in [0.3, 0.4) is 0 Å². The largest absolute Gasteiger partial charge is 0.316 e. The van der Waals surface area contributed by atoms with Crippen molar-refractivity contribution in [3.8, 4) is 0 Å². The van der Waals surface area contributed by atoms with E-state index in [2.05, 4.69) is 13.5 Å². The Hall–Kier alpha value is 1.77. The van der Waals surface area contributed by atoms with Crippen LogP contribution in [0.25, 0.3) is 0 Å². The van der Waals surface area contributed by atoms with Gasteiger partial charge in [-0.15, -0.1) is 0 Å². The third kappa shape index (κ3) is 3.97. The maximum absolute atomic E-state index is 5.79. The van der Waals surface area contributed by atoms with Crippen LogP contribution < -0.4 is 5.50 Å². The minimum atomic E-state index is -2.92. The Morgan fingerprint density at radius 2 is 1.57 bits per heavy atom. The second-order valence-electron chi connectivity index (χ2n) is 2.19. The number of halogens is 4. The minimum absolute atomic E-state index is 0.332. The molecule has 0 aromatic rings. The van der Waals surface area contributed by atoms with Gasteiger partial charge in [-0.05, 0) is 51.9 Å². The Kier molecular flexibility index (Phi) is 4.51. The minimum Gasteiger partial charge on any atom is -0.316 e. The third-order valence-corrected chi connectivity index (χ3v) is 12.0. The van der Waals surface area contributed by atoms with Crippen LogP contribution in [-0.2, 0) is 4.52 Å². The van der Waals surface area contributed by atoms with Crippen molar-refractivity contribution in [1.29, 1.82) is 0 Å². The number of hydrogen-bond acceptors (Lipinski definition) is 5. The van der Waals surface area contributed by atoms with Gasteiger partial charge in [-0.3, -0.25) is 5.50 Å². The molecule has 2 N–H and O–H groups in total. The van der Waals surface area contributed by atoms with Gasteiger partial charge in [0.2, 0.25) is 0 Å². The summed E-state index contributed by atoms with van der Waals surface area (Å²) in [6.45, 7) is 2.08. The van der Waals surface area contributed by atoms with Crippen LogP contribution >= 0.6 is 64.4 Å². The van der Waals surface area contributed by atoms with Gasteiger partial charge in [0, 0.05) is 0 Å². The molecule has 1 aliphatic rings. The van der Waals surface area contributed by atoms with Gasteiger partial charge in [0.15, 0.2) is 0 Å². The molecule has 1 aliphatic heterocycles. The van der Waals surface area contributed by atoms with Gasteiger partial charge in [0.25, 0.3) is 19.4 Å². The van der Waals surface area contributed by atoms with Gasteiger partial charge in [0.1, 0.15) is 0 Å². The van der Waals surface area contributed by atoms with Crippen molar-refractivity contribution in [2.75, 3.05) is 6.61 Å². The molecule has 0 fully saturated rings. The summed E-state index contributed by atoms with van der Waals surface area (Å²) >= 11 is 23.1. The number of nitrogens with zero attached hydrogens (tertiary/aromatic N) is 3. The van der Waals surface area contributed by atoms with Crippen LogP contribution in [0.15, 0.2) is 13.5 Å². The second-order valence-corrected chi connectivity index (χ2v) is 14.3. The molecule has 84 valence electrons. The van der Waals surface area contributed by atoms with Crippen LogP contribution in [0.2, 0.25) is 0 Å². The standard InChI is InChI=1S/C2H7Cl4N4OP3/c1-2-11-14(7)9-12(3,4)8-13(5,6)10-14/h2,7H2,1H3. The van der Waals surface area contributed by atoms with Gasteiger partial charge in [-0.2, -0.15) is 13.5 Å². The molecule has 0 bridgehead atoms. The van der Waals surface area contributed by atoms with Crippen LogP contribution in [-0.4, -0.2) is 6.61 Å². The lowest BCUT2D eigenvalue weighted by Gasteiger charge is -2.21. The summed E-state index contributed by atoms with van der Waals surface area (Å²) in [4.78, 5) is 0. The fraction of sp³-hybridized carbons (Fsp3) is 1.00. The zero-order chi connectivity index (χ0) is 11.0. The highest BCUT2D eigenvalue weighted by Gasteiger charge is 2.31. The first-order valence-electron chi connectivity index (χ1n) is 3.31. The van der Waals surface area contributed by atoms with E-state index in [-0.39, 0.29) is 0 Å². The molecule has 0 aromatic heterocycles. The highest BCUT2D eigenvalue weighted by molar-refractivity contribution is 8.20. The van der Waals surface area contributed by atoms with Gasteiger partial charge in [-0.1, -0.05) is 0 Å². The van der Waals surface area contributed by atoms with E-state index in [0.29, 0.717) is 6.61 Å². The zero-order valence-corrected chi connectivity index (χ0v) is 12.6. The van der Waals surface area contributed by atoms with Crippen molar-refractivity contribution in [3.05, 3.63) is 0 Å². The van der Waals surface area contributed by atoms with E-state index in [1.165, 1.54) is 0 Å². The van der Waals surface area contributed by atoms with E-state index in [9.17, 15) is 0 Å². The molecule has 0 aromatic carbocycles. The summed E-state index contributed by atoms with van der Waals surface area (Å²) in [7, 11) is -2.88. The fourth-order valence-electron chi connectivity index (χ4n) is 0.733. The van der Waals surface area contributed by atoms with Crippen molar-refractivity contribution >= 4 is 64.4 Å². The summed E-state index contributed by atoms with van der Waals surface area (Å²) in [5.74, 6) is -5.85. The Balaban J connectivity index is 3.33. The maximum atomic E-state index is 5.79. The average Bonchev–Trinajstić information content (AvgIpc) is 1.75. The van der Waals surface area contributed by atoms with E-state index >= 15 is 0 Å². The van der Waals surface area contributed by atoms with Crippen LogP contribution in [0.5, 0.6) is 0 Å². The van der Waals surface area contributed by atoms with Gasteiger partial charge >= 0.3 is 0 Å². The lowest BCUT2D eigenvalue weighted by molar-refractivity contribution is 0.372. The molecular weight excluding hydrogens is 331 g/mol. The SMILES string of the molecule is CCOP1(N)=NP(Cl)(Cl)=NP(Cl)(Cl)=N1. The lowest BCUT2D eigenvalue weighted by atomic mass is 10.9. The van der Waals surface area contributed by atoms with Crippen LogP contribution in [0.1, 0.15) is 6.92 Å². The molecule has 1 unspecified atom stereocenters. The van der Waals surface area contributed by atoms with E-state index in [0.717, 1.165) is 0 Å². The first-order valence-corrected chi connectivity index (χ1v) is 12.0. The molecule has 5 nitrogen and oxygen atoms in total. The molecule has 12 heteroatoms. The average molecular weight is 338 g/mol. The summed E-state index contributed by atoms with van der Waals surface area (Å²) in [5, 5.41) is 0. The van der Waals surface area contributed by atoms with E-state index in [4.69, 9.17) is 55.0 Å². The summed E-state index contributed by atoms with van der Waals surface area (Å²) in [6.07, 6.45) is 0. The lowest BCUT2D eigenvalue weighted by Crippen LogP contribution is -1.97. The van der Waals surface area contributed by atoms with Gasteiger partial charge in [0.05, 0.1) is 6.61 Å². The molecule has 0 saturated carbocycles. The van der Waals surface area contributed by atoms with Gasteiger partial charge in [-0.25, -0.2) is 0 Å². The molecule has 0 aliphatic carbocycles. The summed E-state index contributed by atoms with van der Waals surface area (Å²) < 4.78 is 16.6. The van der Waals surface area contributed by atoms with Gasteiger partial charge < -0.3 is 4.52 Å². The molecule has 1 heterocycles. The van der Waals surface area contributed by atoms with Crippen molar-refractivity contribution in [3.63, 3.8) is 0 Å². The van der Waals surface area contributed by atoms with Crippen LogP contribution in [0.4, 0.5) is 0 Å². The molecule has 1 rings (SSSR count). The first-order chi connectivity index (χ1) is 6.18. The molecule has 0 amide bonds. The normalized spacial score (nSPS) is 33.9. The van der Waals surface area contributed by atoms with Crippen molar-refractivity contribution in [2.24, 2.45) is 19.1 Å². The molecule has 14 heavy (non-hydrogen) atoms. The predicted octanol–water partition coefficient (Wildman–Crippen LogP) is 5.79. The number of hydrogen-bond donors (Lipinski definition) is 1. The third-order valence-electron chi connectivity index (χ3n) is 1.01. The first kappa shape index (κ1) is 13.8. The molecule has 0 radical (unpaired) electrons. The molecule has 0 saturated heterocycles. The van der Waals surface area contributed by atoms with Crippen molar-refractivity contribution in [2.45, 2.75) is 6.92 Å². The number of rotatable bonds is 2. The molecule has 0 spiro atoms. The topological polar surface area (TPSA) is 72.3 Å². The zero-order valence-electron chi connectivity index (χ0n) is 6.89. The monoisotopic (exact) mass is 336 g/mol. The Bertz CT molecular complexity index is 386. The smallest absolute Gasteiger partial charge is 0.276 e. The Morgan fingerprint density at radius 3 is 2.00 bits per heavy atom. The van der Waals surface area contributed by atoms with E-state index in [1.54, 1.807) is 6.92 Å². The quantitative estimate of drug-likeness (QED) is 0.648. The maximum Gasteiger partial charge on any atom is 0.276 e. The van der Waals surface area contributed by atoms with Crippen LogP contribution in [0, 0.1) is 0 Å². The fourth-order valence-corrected chi connectivity index (χ4v) is 14.7. The second kappa shape index (κ2) is 4.56. The summed E-state index contributed by atoms with van der Waals surface area (Å²) in [6, 6.07) is 0. The number of nitrogens with two attached hydrogens (primary N) is 1. The van der Waals surface area contributed by atoms with E-state index < -0.39 is 19.4 Å². The highest BCUT2D eigenvalue weighted by atomic mass is 35.9. The Labute approximate surface area is 101 Å². The highest BCUT2D eigenvalue weighted by Crippen LogP contribution is 2.83. The summed E-state index contributed by atoms with van der Waals surface area (Å²) in [5.41, 5.74) is 5.73. The predicted molar refractivity (Wildman–Crippen MR) is 67.3 cm³/mol. The van der Waals surface area contributed by atoms with Crippen molar-refractivity contribution < 1.29 is 4.52 Å². The molecule has 1 atom stereocenters. The van der Waals surface area contributed by atoms with E-state index in [1.807, 2.05) is 0 Å². The molecular formula is C2H7Cl4N4OP3.